The molecule has 0 radical (unpaired) electrons. The van der Waals surface area contributed by atoms with Gasteiger partial charge in [-0.1, -0.05) is 24.9 Å². The first-order valence-corrected chi connectivity index (χ1v) is 8.30. The van der Waals surface area contributed by atoms with Gasteiger partial charge in [0.25, 0.3) is 5.91 Å². The number of hydrogen-bond acceptors (Lipinski definition) is 5. The first-order valence-electron chi connectivity index (χ1n) is 7.92. The van der Waals surface area contributed by atoms with Crippen LogP contribution in [0.3, 0.4) is 0 Å². The molecule has 0 bridgehead atoms. The Morgan fingerprint density at radius 1 is 1.38 bits per heavy atom. The molecule has 24 heavy (non-hydrogen) atoms. The van der Waals surface area contributed by atoms with E-state index < -0.39 is 24.5 Å². The quantitative estimate of drug-likeness (QED) is 0.725. The molecule has 1 aromatic rings. The van der Waals surface area contributed by atoms with Crippen molar-refractivity contribution < 1.29 is 19.1 Å². The summed E-state index contributed by atoms with van der Waals surface area (Å²) in [6.45, 7) is 3.73. The molecule has 2 rings (SSSR count). The number of nitrogens with one attached hydrogen (secondary N) is 2. The summed E-state index contributed by atoms with van der Waals surface area (Å²) in [5.41, 5.74) is 0.580. The highest BCUT2D eigenvalue weighted by atomic mass is 35.5. The van der Waals surface area contributed by atoms with Crippen LogP contribution in [0.5, 0.6) is 0 Å². The molecule has 2 N–H and O–H groups in total. The van der Waals surface area contributed by atoms with E-state index in [9.17, 15) is 14.4 Å². The number of nitrogens with zero attached hydrogens (tertiary/aromatic N) is 2. The van der Waals surface area contributed by atoms with Gasteiger partial charge in [0, 0.05) is 12.6 Å². The molecule has 3 amide bonds. The maximum Gasteiger partial charge on any atom is 0.343 e. The second kappa shape index (κ2) is 8.14. The fourth-order valence-electron chi connectivity index (χ4n) is 2.06. The van der Waals surface area contributed by atoms with Gasteiger partial charge in [-0.05, 0) is 26.2 Å². The lowest BCUT2D eigenvalue weighted by molar-refractivity contribution is -0.123. The molecule has 1 saturated carbocycles. The molecule has 1 aromatic heterocycles. The van der Waals surface area contributed by atoms with Gasteiger partial charge in [0.05, 0.1) is 5.69 Å². The second-order valence-electron chi connectivity index (χ2n) is 5.70. The van der Waals surface area contributed by atoms with Crippen LogP contribution < -0.4 is 10.6 Å². The van der Waals surface area contributed by atoms with Crippen molar-refractivity contribution in [3.8, 4) is 0 Å². The van der Waals surface area contributed by atoms with Crippen LogP contribution >= 0.6 is 11.6 Å². The number of amides is 3. The highest BCUT2D eigenvalue weighted by molar-refractivity contribution is 6.32. The Bertz CT molecular complexity index is 640. The fourth-order valence-corrected chi connectivity index (χ4v) is 2.39. The van der Waals surface area contributed by atoms with Crippen LogP contribution in [0.15, 0.2) is 0 Å². The molecule has 9 heteroatoms. The molecule has 0 unspecified atom stereocenters. The van der Waals surface area contributed by atoms with Crippen molar-refractivity contribution in [3.63, 3.8) is 0 Å². The van der Waals surface area contributed by atoms with Crippen molar-refractivity contribution in [2.45, 2.75) is 52.1 Å². The number of unbranched alkanes of at least 4 members (excludes halogenated alkanes) is 1. The predicted octanol–water partition coefficient (Wildman–Crippen LogP) is 1.79. The van der Waals surface area contributed by atoms with E-state index in [2.05, 4.69) is 15.7 Å². The number of ether oxygens (including phenoxy) is 1. The van der Waals surface area contributed by atoms with Crippen LogP contribution in [-0.2, 0) is 16.1 Å². The lowest BCUT2D eigenvalue weighted by atomic mass is 10.3. The molecule has 1 heterocycles. The van der Waals surface area contributed by atoms with Crippen LogP contribution in [0.1, 0.15) is 48.7 Å². The summed E-state index contributed by atoms with van der Waals surface area (Å²) in [4.78, 5) is 35.1. The van der Waals surface area contributed by atoms with Gasteiger partial charge in [-0.25, -0.2) is 9.59 Å². The van der Waals surface area contributed by atoms with Crippen molar-refractivity contribution >= 4 is 29.5 Å². The maximum atomic E-state index is 12.1. The Kier molecular flexibility index (Phi) is 6.19. The Hall–Kier alpha value is -2.09. The van der Waals surface area contributed by atoms with Crippen LogP contribution in [0.25, 0.3) is 0 Å². The smallest absolute Gasteiger partial charge is 0.343 e. The van der Waals surface area contributed by atoms with E-state index in [1.807, 2.05) is 6.92 Å². The van der Waals surface area contributed by atoms with Crippen LogP contribution in [0.4, 0.5) is 4.79 Å². The van der Waals surface area contributed by atoms with Gasteiger partial charge >= 0.3 is 12.0 Å². The Balaban J connectivity index is 1.86. The summed E-state index contributed by atoms with van der Waals surface area (Å²) >= 11 is 6.16. The van der Waals surface area contributed by atoms with E-state index in [-0.39, 0.29) is 16.8 Å². The molecule has 0 spiro atoms. The molecule has 0 aliphatic heterocycles. The third-order valence-electron chi connectivity index (χ3n) is 3.49. The van der Waals surface area contributed by atoms with E-state index >= 15 is 0 Å². The minimum atomic E-state index is -0.738. The van der Waals surface area contributed by atoms with Crippen molar-refractivity contribution in [1.82, 2.24) is 20.4 Å². The molecule has 1 aliphatic rings. The zero-order valence-electron chi connectivity index (χ0n) is 13.7. The molecule has 8 nitrogen and oxygen atoms in total. The van der Waals surface area contributed by atoms with Crippen molar-refractivity contribution in [2.24, 2.45) is 0 Å². The zero-order chi connectivity index (χ0) is 17.7. The minimum Gasteiger partial charge on any atom is -0.452 e. The zero-order valence-corrected chi connectivity index (χ0v) is 14.5. The second-order valence-corrected chi connectivity index (χ2v) is 6.06. The average molecular weight is 357 g/mol. The van der Waals surface area contributed by atoms with E-state index in [1.165, 1.54) is 0 Å². The summed E-state index contributed by atoms with van der Waals surface area (Å²) in [5.74, 6) is -1.44. The summed E-state index contributed by atoms with van der Waals surface area (Å²) in [6, 6.07) is -0.448. The Morgan fingerprint density at radius 2 is 2.08 bits per heavy atom. The number of hydrogen-bond donors (Lipinski definition) is 2. The van der Waals surface area contributed by atoms with Crippen molar-refractivity contribution in [1.29, 1.82) is 0 Å². The number of carbonyl (C=O) groups is 3. The van der Waals surface area contributed by atoms with Crippen LogP contribution in [0.2, 0.25) is 5.15 Å². The lowest BCUT2D eigenvalue weighted by Gasteiger charge is -2.07. The molecule has 0 saturated heterocycles. The molecular formula is C15H21ClN4O4. The summed E-state index contributed by atoms with van der Waals surface area (Å²) in [7, 11) is 0. The molecule has 0 atom stereocenters. The number of aromatic nitrogens is 2. The first-order chi connectivity index (χ1) is 11.4. The van der Waals surface area contributed by atoms with Crippen LogP contribution in [-0.4, -0.2) is 40.3 Å². The Labute approximate surface area is 144 Å². The maximum absolute atomic E-state index is 12.1. The number of aryl methyl sites for hydroxylation is 2. The molecule has 132 valence electrons. The summed E-state index contributed by atoms with van der Waals surface area (Å²) in [6.07, 6.45) is 3.68. The van der Waals surface area contributed by atoms with Gasteiger partial charge in [-0.3, -0.25) is 14.8 Å². The number of imide groups is 1. The van der Waals surface area contributed by atoms with Gasteiger partial charge in [0.15, 0.2) is 6.61 Å². The molecule has 1 fully saturated rings. The number of carbonyl (C=O) groups excluding carboxylic acids is 3. The van der Waals surface area contributed by atoms with Gasteiger partial charge in [0.1, 0.15) is 10.7 Å². The van der Waals surface area contributed by atoms with Gasteiger partial charge in [-0.2, -0.15) is 5.10 Å². The van der Waals surface area contributed by atoms with Crippen molar-refractivity contribution in [3.05, 3.63) is 16.4 Å². The lowest BCUT2D eigenvalue weighted by Crippen LogP contribution is -2.42. The number of halogens is 1. The highest BCUT2D eigenvalue weighted by Gasteiger charge is 2.25. The normalized spacial score (nSPS) is 13.5. The first kappa shape index (κ1) is 18.3. The third kappa shape index (κ3) is 4.95. The largest absolute Gasteiger partial charge is 0.452 e. The fraction of sp³-hybridized carbons (Fsp3) is 0.600. The summed E-state index contributed by atoms with van der Waals surface area (Å²) in [5, 5.41) is 9.10. The SMILES string of the molecule is CCCCn1nc(C)c(C(=O)OCC(=O)NC(=O)NC2CC2)c1Cl. The number of esters is 1. The monoisotopic (exact) mass is 356 g/mol. The average Bonchev–Trinajstić information content (AvgIpc) is 3.27. The number of urea groups is 1. The van der Waals surface area contributed by atoms with E-state index in [0.717, 1.165) is 25.7 Å². The molecular weight excluding hydrogens is 336 g/mol. The van der Waals surface area contributed by atoms with Crippen molar-refractivity contribution in [2.75, 3.05) is 6.61 Å². The highest BCUT2D eigenvalue weighted by Crippen LogP contribution is 2.21. The predicted molar refractivity (Wildman–Crippen MR) is 86.9 cm³/mol. The molecule has 1 aliphatic carbocycles. The molecule has 0 aromatic carbocycles. The van der Waals surface area contributed by atoms with Gasteiger partial charge in [0.2, 0.25) is 0 Å². The van der Waals surface area contributed by atoms with Gasteiger partial charge < -0.3 is 10.1 Å². The topological polar surface area (TPSA) is 102 Å². The minimum absolute atomic E-state index is 0.135. The van der Waals surface area contributed by atoms with Crippen LogP contribution in [0, 0.1) is 6.92 Å². The summed E-state index contributed by atoms with van der Waals surface area (Å²) < 4.78 is 6.46. The van der Waals surface area contributed by atoms with Gasteiger partial charge in [-0.15, -0.1) is 0 Å². The van der Waals surface area contributed by atoms with E-state index in [0.29, 0.717) is 12.2 Å². The van der Waals surface area contributed by atoms with E-state index in [4.69, 9.17) is 16.3 Å². The number of rotatable bonds is 7. The standard InChI is InChI=1S/C15H21ClN4O4/c1-3-4-7-20-13(16)12(9(2)19-20)14(22)24-8-11(21)18-15(23)17-10-5-6-10/h10H,3-8H2,1-2H3,(H2,17,18,21,23). The third-order valence-corrected chi connectivity index (χ3v) is 3.88. The van der Waals surface area contributed by atoms with E-state index in [1.54, 1.807) is 11.6 Å². The Morgan fingerprint density at radius 3 is 2.71 bits per heavy atom.